The average Bonchev–Trinajstić information content (AvgIpc) is 3.35. The van der Waals surface area contributed by atoms with Crippen molar-refractivity contribution in [3.05, 3.63) is 17.8 Å². The van der Waals surface area contributed by atoms with Gasteiger partial charge in [-0.05, 0) is 56.4 Å². The van der Waals surface area contributed by atoms with Gasteiger partial charge in [0.05, 0.1) is 24.1 Å². The average molecular weight is 289 g/mol. The zero-order chi connectivity index (χ0) is 14.8. The summed E-state index contributed by atoms with van der Waals surface area (Å²) in [5.41, 5.74) is 6.56. The number of nitrogens with one attached hydrogen (secondary N) is 1. The molecule has 3 rings (SSSR count). The van der Waals surface area contributed by atoms with Crippen molar-refractivity contribution in [1.82, 2.24) is 4.98 Å². The Morgan fingerprint density at radius 1 is 1.43 bits per heavy atom. The Morgan fingerprint density at radius 2 is 2.10 bits per heavy atom. The van der Waals surface area contributed by atoms with E-state index in [2.05, 4.69) is 10.3 Å². The Bertz CT molecular complexity index is 512. The Morgan fingerprint density at radius 3 is 2.67 bits per heavy atom. The number of anilines is 2. The summed E-state index contributed by atoms with van der Waals surface area (Å²) in [6, 6.07) is 1.70. The van der Waals surface area contributed by atoms with Gasteiger partial charge in [-0.3, -0.25) is 0 Å². The highest BCUT2D eigenvalue weighted by Gasteiger charge is 2.41. The molecule has 21 heavy (non-hydrogen) atoms. The normalized spacial score (nSPS) is 17.8. The van der Waals surface area contributed by atoms with E-state index < -0.39 is 0 Å². The summed E-state index contributed by atoms with van der Waals surface area (Å²) in [5, 5.41) is 3.38. The lowest BCUT2D eigenvalue weighted by Gasteiger charge is -2.17. The first-order chi connectivity index (χ1) is 10.2. The van der Waals surface area contributed by atoms with Gasteiger partial charge in [0.25, 0.3) is 0 Å². The molecule has 1 aromatic rings. The van der Waals surface area contributed by atoms with Crippen LogP contribution < -0.4 is 11.1 Å². The van der Waals surface area contributed by atoms with Crippen LogP contribution in [0.1, 0.15) is 43.0 Å². The van der Waals surface area contributed by atoms with Crippen molar-refractivity contribution in [2.75, 3.05) is 24.2 Å². The van der Waals surface area contributed by atoms with Gasteiger partial charge in [-0.2, -0.15) is 0 Å². The molecule has 114 valence electrons. The van der Waals surface area contributed by atoms with Crippen LogP contribution >= 0.6 is 0 Å². The van der Waals surface area contributed by atoms with E-state index in [4.69, 9.17) is 10.5 Å². The zero-order valence-corrected chi connectivity index (χ0v) is 12.5. The molecule has 2 fully saturated rings. The predicted octanol–water partition coefficient (Wildman–Crippen LogP) is 2.69. The number of pyridine rings is 1. The lowest BCUT2D eigenvalue weighted by molar-refractivity contribution is 0.0527. The molecule has 3 N–H and O–H groups in total. The third kappa shape index (κ3) is 3.46. The number of rotatable bonds is 7. The molecule has 0 atom stereocenters. The van der Waals surface area contributed by atoms with Crippen molar-refractivity contribution in [2.24, 2.45) is 17.8 Å². The summed E-state index contributed by atoms with van der Waals surface area (Å²) in [4.78, 5) is 16.1. The molecule has 1 heterocycles. The van der Waals surface area contributed by atoms with Gasteiger partial charge in [-0.1, -0.05) is 0 Å². The van der Waals surface area contributed by atoms with Crippen molar-refractivity contribution in [2.45, 2.75) is 32.6 Å². The first-order valence-electron chi connectivity index (χ1n) is 7.85. The molecule has 0 radical (unpaired) electrons. The number of esters is 1. The van der Waals surface area contributed by atoms with Crippen LogP contribution in [0.5, 0.6) is 0 Å². The molecular formula is C16H23N3O2. The van der Waals surface area contributed by atoms with Crippen LogP contribution in [-0.2, 0) is 4.74 Å². The van der Waals surface area contributed by atoms with Crippen molar-refractivity contribution in [3.63, 3.8) is 0 Å². The predicted molar refractivity (Wildman–Crippen MR) is 82.0 cm³/mol. The molecular weight excluding hydrogens is 266 g/mol. The van der Waals surface area contributed by atoms with Gasteiger partial charge in [0, 0.05) is 6.54 Å². The highest BCUT2D eigenvalue weighted by molar-refractivity contribution is 5.95. The quantitative estimate of drug-likeness (QED) is 0.755. The molecule has 5 nitrogen and oxygen atoms in total. The first kappa shape index (κ1) is 14.2. The molecule has 2 aliphatic carbocycles. The fourth-order valence-corrected chi connectivity index (χ4v) is 2.94. The Balaban J connectivity index is 1.64. The van der Waals surface area contributed by atoms with Gasteiger partial charge in [0.1, 0.15) is 5.82 Å². The standard InChI is InChI=1S/C16H23N3O2/c1-2-21-16(20)12-7-15(19-9-14(12)17)18-8-13(10-3-4-10)11-5-6-11/h7,9-11,13H,2-6,8,17H2,1H3,(H,18,19). The van der Waals surface area contributed by atoms with E-state index >= 15 is 0 Å². The second-order valence-corrected chi connectivity index (χ2v) is 6.10. The van der Waals surface area contributed by atoms with E-state index in [1.807, 2.05) is 0 Å². The van der Waals surface area contributed by atoms with Crippen molar-refractivity contribution >= 4 is 17.5 Å². The maximum atomic E-state index is 11.8. The third-order valence-corrected chi connectivity index (χ3v) is 4.40. The molecule has 1 aromatic heterocycles. The van der Waals surface area contributed by atoms with Gasteiger partial charge in [0.15, 0.2) is 0 Å². The molecule has 0 saturated heterocycles. The van der Waals surface area contributed by atoms with E-state index in [0.29, 0.717) is 23.7 Å². The van der Waals surface area contributed by atoms with Crippen LogP contribution in [0, 0.1) is 17.8 Å². The van der Waals surface area contributed by atoms with E-state index in [1.165, 1.54) is 31.9 Å². The smallest absolute Gasteiger partial charge is 0.340 e. The minimum Gasteiger partial charge on any atom is -0.462 e. The topological polar surface area (TPSA) is 77.2 Å². The summed E-state index contributed by atoms with van der Waals surface area (Å²) < 4.78 is 5.01. The molecule has 0 amide bonds. The lowest BCUT2D eigenvalue weighted by Crippen LogP contribution is -2.19. The first-order valence-corrected chi connectivity index (χ1v) is 7.85. The van der Waals surface area contributed by atoms with Crippen LogP contribution in [0.25, 0.3) is 0 Å². The second kappa shape index (κ2) is 5.92. The summed E-state index contributed by atoms with van der Waals surface area (Å²) >= 11 is 0. The largest absolute Gasteiger partial charge is 0.462 e. The van der Waals surface area contributed by atoms with Crippen molar-refractivity contribution in [1.29, 1.82) is 0 Å². The highest BCUT2D eigenvalue weighted by Crippen LogP contribution is 2.49. The van der Waals surface area contributed by atoms with Crippen LogP contribution in [0.3, 0.4) is 0 Å². The number of ether oxygens (including phenoxy) is 1. The van der Waals surface area contributed by atoms with Crippen LogP contribution in [0.2, 0.25) is 0 Å². The van der Waals surface area contributed by atoms with Crippen LogP contribution in [0.4, 0.5) is 11.5 Å². The molecule has 2 aliphatic rings. The lowest BCUT2D eigenvalue weighted by atomic mass is 9.98. The number of hydrogen-bond donors (Lipinski definition) is 2. The summed E-state index contributed by atoms with van der Waals surface area (Å²) in [6.07, 6.45) is 6.99. The summed E-state index contributed by atoms with van der Waals surface area (Å²) in [7, 11) is 0. The number of carbonyl (C=O) groups is 1. The number of nitrogens with zero attached hydrogens (tertiary/aromatic N) is 1. The number of hydrogen-bond acceptors (Lipinski definition) is 5. The van der Waals surface area contributed by atoms with E-state index in [0.717, 1.165) is 24.3 Å². The zero-order valence-electron chi connectivity index (χ0n) is 12.5. The third-order valence-electron chi connectivity index (χ3n) is 4.40. The van der Waals surface area contributed by atoms with Crippen molar-refractivity contribution in [3.8, 4) is 0 Å². The van der Waals surface area contributed by atoms with E-state index in [1.54, 1.807) is 13.0 Å². The molecule has 0 aromatic carbocycles. The number of nitrogens with two attached hydrogens (primary N) is 1. The maximum Gasteiger partial charge on any atom is 0.340 e. The number of nitrogen functional groups attached to an aromatic ring is 1. The molecule has 0 spiro atoms. The van der Waals surface area contributed by atoms with Gasteiger partial charge in [0.2, 0.25) is 0 Å². The van der Waals surface area contributed by atoms with Crippen molar-refractivity contribution < 1.29 is 9.53 Å². The van der Waals surface area contributed by atoms with Gasteiger partial charge in [-0.15, -0.1) is 0 Å². The number of carbonyl (C=O) groups excluding carboxylic acids is 1. The monoisotopic (exact) mass is 289 g/mol. The molecule has 0 bridgehead atoms. The minimum absolute atomic E-state index is 0.342. The molecule has 2 saturated carbocycles. The fraction of sp³-hybridized carbons (Fsp3) is 0.625. The summed E-state index contributed by atoms with van der Waals surface area (Å²) in [6.45, 7) is 3.06. The van der Waals surface area contributed by atoms with Crippen LogP contribution in [-0.4, -0.2) is 24.1 Å². The molecule has 5 heteroatoms. The van der Waals surface area contributed by atoms with Gasteiger partial charge < -0.3 is 15.8 Å². The highest BCUT2D eigenvalue weighted by atomic mass is 16.5. The van der Waals surface area contributed by atoms with Gasteiger partial charge >= 0.3 is 5.97 Å². The van der Waals surface area contributed by atoms with E-state index in [9.17, 15) is 4.79 Å². The SMILES string of the molecule is CCOC(=O)c1cc(NCC(C2CC2)C2CC2)ncc1N. The number of aromatic nitrogens is 1. The Kier molecular flexibility index (Phi) is 3.99. The Labute approximate surface area is 125 Å². The fourth-order valence-electron chi connectivity index (χ4n) is 2.94. The molecule has 0 aliphatic heterocycles. The Hall–Kier alpha value is -1.78. The van der Waals surface area contributed by atoms with Crippen LogP contribution in [0.15, 0.2) is 12.3 Å². The van der Waals surface area contributed by atoms with E-state index in [-0.39, 0.29) is 5.97 Å². The second-order valence-electron chi connectivity index (χ2n) is 6.10. The maximum absolute atomic E-state index is 11.8. The summed E-state index contributed by atoms with van der Waals surface area (Å²) in [5.74, 6) is 2.86. The molecule has 0 unspecified atom stereocenters. The van der Waals surface area contributed by atoms with Gasteiger partial charge in [-0.25, -0.2) is 9.78 Å². The minimum atomic E-state index is -0.388.